The molecule has 0 amide bonds. The molecule has 0 unspecified atom stereocenters. The van der Waals surface area contributed by atoms with Crippen molar-refractivity contribution in [1.29, 1.82) is 0 Å². The van der Waals surface area contributed by atoms with E-state index in [-0.39, 0.29) is 0 Å². The molecule has 1 aromatic carbocycles. The van der Waals surface area contributed by atoms with Crippen molar-refractivity contribution in [3.63, 3.8) is 0 Å². The van der Waals surface area contributed by atoms with Crippen LogP contribution >= 0.6 is 0 Å². The van der Waals surface area contributed by atoms with Gasteiger partial charge in [0, 0.05) is 0 Å². The number of rotatable bonds is 0. The van der Waals surface area contributed by atoms with Gasteiger partial charge >= 0.3 is 0 Å². The molecule has 2 bridgehead atoms. The first-order valence-corrected chi connectivity index (χ1v) is 4.14. The molecular formula is C11H12. The summed E-state index contributed by atoms with van der Waals surface area (Å²) in [6, 6.07) is 6.53. The predicted octanol–water partition coefficient (Wildman–Crippen LogP) is 1.21. The second-order valence-corrected chi connectivity index (χ2v) is 3.12. The fraction of sp³-hybridized carbons (Fsp3) is 0.273. The fourth-order valence-electron chi connectivity index (χ4n) is 1.57. The first-order chi connectivity index (χ1) is 5.36. The van der Waals surface area contributed by atoms with E-state index in [4.69, 9.17) is 0 Å². The van der Waals surface area contributed by atoms with Gasteiger partial charge in [0.05, 0.1) is 0 Å². The molecule has 0 nitrogen and oxygen atoms in total. The second kappa shape index (κ2) is 2.54. The van der Waals surface area contributed by atoms with Crippen LogP contribution in [-0.4, -0.2) is 0 Å². The zero-order valence-electron chi connectivity index (χ0n) is 6.64. The van der Waals surface area contributed by atoms with Gasteiger partial charge in [-0.3, -0.25) is 0 Å². The molecule has 2 rings (SSSR count). The van der Waals surface area contributed by atoms with E-state index in [0.717, 1.165) is 0 Å². The van der Waals surface area contributed by atoms with Crippen LogP contribution in [0.3, 0.4) is 0 Å². The molecule has 0 aromatic heterocycles. The minimum atomic E-state index is 1.20. The summed E-state index contributed by atoms with van der Waals surface area (Å²) in [6.45, 7) is 3.99. The van der Waals surface area contributed by atoms with Crippen molar-refractivity contribution in [2.75, 3.05) is 0 Å². The quantitative estimate of drug-likeness (QED) is 0.513. The lowest BCUT2D eigenvalue weighted by molar-refractivity contribution is 0.869. The van der Waals surface area contributed by atoms with Crippen LogP contribution in [0.15, 0.2) is 18.2 Å². The Morgan fingerprint density at radius 3 is 3.09 bits per heavy atom. The van der Waals surface area contributed by atoms with Crippen molar-refractivity contribution in [2.24, 2.45) is 0 Å². The Labute approximate surface area is 66.9 Å². The summed E-state index contributed by atoms with van der Waals surface area (Å²) >= 11 is 0. The number of hydrogen-bond donors (Lipinski definition) is 0. The average molecular weight is 144 g/mol. The summed E-state index contributed by atoms with van der Waals surface area (Å²) < 4.78 is 0. The summed E-state index contributed by atoms with van der Waals surface area (Å²) in [7, 11) is 0. The normalized spacial score (nSPS) is 15.3. The zero-order valence-corrected chi connectivity index (χ0v) is 6.64. The molecular weight excluding hydrogens is 132 g/mol. The molecule has 0 radical (unpaired) electrons. The Bertz CT molecular complexity index is 360. The number of fused-ring (bicyclic) bond motifs is 2. The third-order valence-corrected chi connectivity index (χ3v) is 2.26. The maximum atomic E-state index is 3.99. The molecule has 56 valence electrons. The van der Waals surface area contributed by atoms with E-state index in [2.05, 4.69) is 30.9 Å². The topological polar surface area (TPSA) is 0 Å². The lowest BCUT2D eigenvalue weighted by atomic mass is 10.1. The van der Waals surface area contributed by atoms with Crippen LogP contribution < -0.4 is 10.4 Å². The van der Waals surface area contributed by atoms with Gasteiger partial charge in [0.1, 0.15) is 0 Å². The predicted molar refractivity (Wildman–Crippen MR) is 48.6 cm³/mol. The van der Waals surface area contributed by atoms with Gasteiger partial charge in [-0.15, -0.1) is 0 Å². The first kappa shape index (κ1) is 6.66. The molecule has 0 aliphatic heterocycles. The molecule has 0 spiro atoms. The van der Waals surface area contributed by atoms with Crippen LogP contribution in [0.4, 0.5) is 0 Å². The summed E-state index contributed by atoms with van der Waals surface area (Å²) in [6.07, 6.45) is 5.99. The first-order valence-electron chi connectivity index (χ1n) is 4.14. The lowest BCUT2D eigenvalue weighted by Crippen LogP contribution is -2.11. The number of aryl methyl sites for hydroxylation is 1. The molecule has 0 atom stereocenters. The van der Waals surface area contributed by atoms with Crippen LogP contribution in [0.2, 0.25) is 0 Å². The SMILES string of the molecule is C=c1ccc2cc1CCCC=2. The van der Waals surface area contributed by atoms with Gasteiger partial charge in [0.25, 0.3) is 0 Å². The smallest absolute Gasteiger partial charge is 0.0270 e. The van der Waals surface area contributed by atoms with Crippen molar-refractivity contribution < 1.29 is 0 Å². The average Bonchev–Trinajstić information content (AvgIpc) is 2.21. The van der Waals surface area contributed by atoms with E-state index in [1.165, 1.54) is 35.3 Å². The highest BCUT2D eigenvalue weighted by Crippen LogP contribution is 2.02. The number of benzene rings is 1. The van der Waals surface area contributed by atoms with Crippen LogP contribution in [0, 0.1) is 0 Å². The van der Waals surface area contributed by atoms with Gasteiger partial charge in [-0.25, -0.2) is 0 Å². The van der Waals surface area contributed by atoms with Crippen LogP contribution in [0.1, 0.15) is 18.4 Å². The molecule has 0 heteroatoms. The van der Waals surface area contributed by atoms with Gasteiger partial charge < -0.3 is 0 Å². The Hall–Kier alpha value is -1.04. The van der Waals surface area contributed by atoms with Crippen molar-refractivity contribution in [3.05, 3.63) is 34.2 Å². The summed E-state index contributed by atoms with van der Waals surface area (Å²) in [5.41, 5.74) is 1.43. The molecule has 0 saturated heterocycles. The summed E-state index contributed by atoms with van der Waals surface area (Å²) in [4.78, 5) is 0. The third-order valence-electron chi connectivity index (χ3n) is 2.26. The summed E-state index contributed by atoms with van der Waals surface area (Å²) in [5, 5.41) is 2.56. The fourth-order valence-corrected chi connectivity index (χ4v) is 1.57. The minimum absolute atomic E-state index is 1.20. The van der Waals surface area contributed by atoms with Crippen LogP contribution in [0.25, 0.3) is 12.7 Å². The van der Waals surface area contributed by atoms with Crippen molar-refractivity contribution in [3.8, 4) is 0 Å². The van der Waals surface area contributed by atoms with E-state index in [0.29, 0.717) is 0 Å². The second-order valence-electron chi connectivity index (χ2n) is 3.12. The molecule has 0 heterocycles. The maximum absolute atomic E-state index is 3.99. The molecule has 11 heavy (non-hydrogen) atoms. The van der Waals surface area contributed by atoms with E-state index >= 15 is 0 Å². The summed E-state index contributed by atoms with van der Waals surface area (Å²) in [5.74, 6) is 0. The van der Waals surface area contributed by atoms with E-state index in [1.54, 1.807) is 0 Å². The lowest BCUT2D eigenvalue weighted by Gasteiger charge is -1.96. The highest BCUT2D eigenvalue weighted by atomic mass is 14.0. The monoisotopic (exact) mass is 144 g/mol. The van der Waals surface area contributed by atoms with E-state index in [9.17, 15) is 0 Å². The van der Waals surface area contributed by atoms with Gasteiger partial charge in [-0.2, -0.15) is 0 Å². The molecule has 1 aromatic rings. The van der Waals surface area contributed by atoms with E-state index in [1.807, 2.05) is 0 Å². The van der Waals surface area contributed by atoms with Gasteiger partial charge in [0.2, 0.25) is 0 Å². The highest BCUT2D eigenvalue weighted by Gasteiger charge is 1.97. The minimum Gasteiger partial charge on any atom is -0.0915 e. The molecule has 1 aliphatic rings. The van der Waals surface area contributed by atoms with Crippen molar-refractivity contribution in [2.45, 2.75) is 19.3 Å². The Balaban J connectivity index is 2.72. The van der Waals surface area contributed by atoms with Crippen LogP contribution in [0.5, 0.6) is 0 Å². The van der Waals surface area contributed by atoms with Crippen molar-refractivity contribution >= 4 is 12.7 Å². The van der Waals surface area contributed by atoms with Crippen LogP contribution in [-0.2, 0) is 6.42 Å². The molecule has 0 fully saturated rings. The van der Waals surface area contributed by atoms with Gasteiger partial charge in [0.15, 0.2) is 0 Å². The maximum Gasteiger partial charge on any atom is -0.0270 e. The number of hydrogen-bond acceptors (Lipinski definition) is 0. The zero-order chi connectivity index (χ0) is 7.68. The Morgan fingerprint density at radius 2 is 2.18 bits per heavy atom. The molecule has 0 N–H and O–H groups in total. The third kappa shape index (κ3) is 1.21. The standard InChI is InChI=1S/C11H12/c1-9-6-7-10-4-2-3-5-11(9)8-10/h4,6-8H,1-3,5H2. The molecule has 1 aliphatic carbocycles. The van der Waals surface area contributed by atoms with Gasteiger partial charge in [-0.05, 0) is 35.3 Å². The van der Waals surface area contributed by atoms with Gasteiger partial charge in [-0.1, -0.05) is 30.9 Å². The highest BCUT2D eigenvalue weighted by molar-refractivity contribution is 5.31. The Morgan fingerprint density at radius 1 is 1.27 bits per heavy atom. The van der Waals surface area contributed by atoms with Crippen molar-refractivity contribution in [1.82, 2.24) is 0 Å². The molecule has 0 saturated carbocycles. The van der Waals surface area contributed by atoms with E-state index < -0.39 is 0 Å². The largest absolute Gasteiger partial charge is 0.0915 e. The Kier molecular flexibility index (Phi) is 1.54.